The minimum absolute atomic E-state index is 0.110. The number of sulfonamides is 1. The summed E-state index contributed by atoms with van der Waals surface area (Å²) in [5.41, 5.74) is 4.78. The first-order valence-corrected chi connectivity index (χ1v) is 14.2. The molecule has 0 bridgehead atoms. The Morgan fingerprint density at radius 1 is 0.676 bits per heavy atom. The lowest BCUT2D eigenvalue weighted by Crippen LogP contribution is -2.39. The van der Waals surface area contributed by atoms with E-state index in [1.165, 1.54) is 0 Å². The highest BCUT2D eigenvalue weighted by Gasteiger charge is 2.39. The van der Waals surface area contributed by atoms with Crippen molar-refractivity contribution in [3.8, 4) is 0 Å². The Bertz CT molecular complexity index is 1370. The molecule has 4 aromatic carbocycles. The van der Waals surface area contributed by atoms with Gasteiger partial charge in [0.15, 0.2) is 0 Å². The predicted molar refractivity (Wildman–Crippen MR) is 150 cm³/mol. The highest BCUT2D eigenvalue weighted by molar-refractivity contribution is 7.89. The minimum Gasteiger partial charge on any atom is -0.388 e. The molecule has 0 saturated heterocycles. The highest BCUT2D eigenvalue weighted by atomic mass is 32.2. The lowest BCUT2D eigenvalue weighted by atomic mass is 9.73. The van der Waals surface area contributed by atoms with E-state index in [2.05, 4.69) is 35.9 Å². The van der Waals surface area contributed by atoms with Crippen molar-refractivity contribution < 1.29 is 13.5 Å². The van der Waals surface area contributed by atoms with Crippen molar-refractivity contribution in [2.75, 3.05) is 0 Å². The van der Waals surface area contributed by atoms with E-state index >= 15 is 0 Å². The van der Waals surface area contributed by atoms with Crippen LogP contribution in [0.15, 0.2) is 114 Å². The Hall–Kier alpha value is -3.25. The van der Waals surface area contributed by atoms with Gasteiger partial charge in [0.1, 0.15) is 0 Å². The molecule has 4 rings (SSSR count). The summed E-state index contributed by atoms with van der Waals surface area (Å²) in [4.78, 5) is 0.204. The van der Waals surface area contributed by atoms with E-state index < -0.39 is 28.1 Å². The van der Waals surface area contributed by atoms with Crippen LogP contribution in [0.4, 0.5) is 0 Å². The van der Waals surface area contributed by atoms with Crippen LogP contribution in [-0.2, 0) is 10.0 Å². The first-order valence-electron chi connectivity index (χ1n) is 12.7. The summed E-state index contributed by atoms with van der Waals surface area (Å²) < 4.78 is 30.4. The summed E-state index contributed by atoms with van der Waals surface area (Å²) in [5, 5.41) is 11.9. The number of aliphatic hydroxyl groups excluding tert-OH is 1. The molecule has 0 unspecified atom stereocenters. The van der Waals surface area contributed by atoms with Crippen molar-refractivity contribution in [3.05, 3.63) is 137 Å². The fourth-order valence-electron chi connectivity index (χ4n) is 5.03. The third kappa shape index (κ3) is 6.37. The number of aryl methyl sites for hydroxylation is 2. The van der Waals surface area contributed by atoms with Crippen LogP contribution < -0.4 is 4.72 Å². The normalized spacial score (nSPS) is 15.0. The first kappa shape index (κ1) is 26.8. The summed E-state index contributed by atoms with van der Waals surface area (Å²) in [6, 6.07) is 33.6. The largest absolute Gasteiger partial charge is 0.388 e. The lowest BCUT2D eigenvalue weighted by Gasteiger charge is -2.38. The molecular formula is C32H35NO3S. The molecule has 0 aliphatic heterocycles. The summed E-state index contributed by atoms with van der Waals surface area (Å²) in [6.07, 6.45) is -0.175. The second-order valence-electron chi connectivity index (χ2n) is 9.68. The van der Waals surface area contributed by atoms with Gasteiger partial charge in [-0.05, 0) is 55.0 Å². The van der Waals surface area contributed by atoms with Gasteiger partial charge in [0.2, 0.25) is 10.0 Å². The number of hydrogen-bond acceptors (Lipinski definition) is 3. The maximum atomic E-state index is 13.7. The van der Waals surface area contributed by atoms with Crippen molar-refractivity contribution in [1.82, 2.24) is 4.72 Å². The average molecular weight is 514 g/mol. The summed E-state index contributed by atoms with van der Waals surface area (Å²) >= 11 is 0. The zero-order valence-electron chi connectivity index (χ0n) is 21.6. The van der Waals surface area contributed by atoms with E-state index in [1.807, 2.05) is 74.5 Å². The van der Waals surface area contributed by atoms with Gasteiger partial charge in [0.25, 0.3) is 0 Å². The first-order chi connectivity index (χ1) is 17.8. The molecular weight excluding hydrogens is 478 g/mol. The molecule has 37 heavy (non-hydrogen) atoms. The molecule has 0 aliphatic carbocycles. The molecule has 2 N–H and O–H groups in total. The van der Waals surface area contributed by atoms with Gasteiger partial charge in [-0.25, -0.2) is 13.1 Å². The van der Waals surface area contributed by atoms with Gasteiger partial charge >= 0.3 is 0 Å². The van der Waals surface area contributed by atoms with Crippen molar-refractivity contribution in [2.45, 2.75) is 50.2 Å². The van der Waals surface area contributed by atoms with Crippen LogP contribution in [0, 0.1) is 19.8 Å². The third-order valence-electron chi connectivity index (χ3n) is 7.07. The molecule has 0 saturated carbocycles. The maximum absolute atomic E-state index is 13.7. The van der Waals surface area contributed by atoms with E-state index in [0.717, 1.165) is 34.2 Å². The van der Waals surface area contributed by atoms with Crippen LogP contribution >= 0.6 is 0 Å². The molecule has 4 atom stereocenters. The van der Waals surface area contributed by atoms with Crippen LogP contribution in [0.1, 0.15) is 59.2 Å². The quantitative estimate of drug-likeness (QED) is 0.243. The van der Waals surface area contributed by atoms with Crippen LogP contribution in [-0.4, -0.2) is 13.5 Å². The Labute approximate surface area is 221 Å². The predicted octanol–water partition coefficient (Wildman–Crippen LogP) is 6.87. The van der Waals surface area contributed by atoms with Gasteiger partial charge in [-0.2, -0.15) is 0 Å². The molecule has 5 heteroatoms. The molecule has 0 fully saturated rings. The van der Waals surface area contributed by atoms with Gasteiger partial charge in [-0.1, -0.05) is 115 Å². The maximum Gasteiger partial charge on any atom is 0.241 e. The van der Waals surface area contributed by atoms with Gasteiger partial charge in [0.05, 0.1) is 17.0 Å². The average Bonchev–Trinajstić information content (AvgIpc) is 2.92. The van der Waals surface area contributed by atoms with E-state index in [1.54, 1.807) is 24.3 Å². The molecule has 0 amide bonds. The number of aliphatic hydroxyl groups is 1. The van der Waals surface area contributed by atoms with Crippen molar-refractivity contribution in [1.29, 1.82) is 0 Å². The molecule has 0 aliphatic rings. The topological polar surface area (TPSA) is 66.4 Å². The zero-order valence-corrected chi connectivity index (χ0v) is 22.4. The smallest absolute Gasteiger partial charge is 0.241 e. The molecule has 192 valence electrons. The zero-order chi connectivity index (χ0) is 26.4. The van der Waals surface area contributed by atoms with Gasteiger partial charge in [0, 0.05) is 5.92 Å². The highest BCUT2D eigenvalue weighted by Crippen LogP contribution is 2.45. The minimum atomic E-state index is -3.88. The van der Waals surface area contributed by atoms with E-state index in [9.17, 15) is 13.5 Å². The monoisotopic (exact) mass is 513 g/mol. The molecule has 0 aromatic heterocycles. The van der Waals surface area contributed by atoms with Crippen molar-refractivity contribution in [2.24, 2.45) is 5.92 Å². The van der Waals surface area contributed by atoms with Crippen LogP contribution in [0.2, 0.25) is 0 Å². The summed E-state index contributed by atoms with van der Waals surface area (Å²) in [6.45, 7) is 6.06. The Morgan fingerprint density at radius 3 is 1.68 bits per heavy atom. The lowest BCUT2D eigenvalue weighted by molar-refractivity contribution is 0.0698. The van der Waals surface area contributed by atoms with Crippen LogP contribution in [0.3, 0.4) is 0 Å². The second kappa shape index (κ2) is 11.9. The van der Waals surface area contributed by atoms with E-state index in [4.69, 9.17) is 0 Å². The van der Waals surface area contributed by atoms with Crippen LogP contribution in [0.25, 0.3) is 0 Å². The Morgan fingerprint density at radius 2 is 1.16 bits per heavy atom. The Balaban J connectivity index is 1.87. The Kier molecular flexibility index (Phi) is 8.59. The molecule has 4 aromatic rings. The SMILES string of the molecule is CC[C@H](c1ccc(C)cc1)[C@@H]([C@H](O)c1ccccc1)[C@H](NS(=O)(=O)c1ccc(C)cc1)c1ccccc1. The van der Waals surface area contributed by atoms with Crippen LogP contribution in [0.5, 0.6) is 0 Å². The van der Waals surface area contributed by atoms with Gasteiger partial charge in [-0.15, -0.1) is 0 Å². The van der Waals surface area contributed by atoms with Gasteiger partial charge < -0.3 is 5.11 Å². The summed E-state index contributed by atoms with van der Waals surface area (Å²) in [5.74, 6) is -0.584. The van der Waals surface area contributed by atoms with E-state index in [0.29, 0.717) is 0 Å². The number of nitrogens with one attached hydrogen (secondary N) is 1. The fraction of sp³-hybridized carbons (Fsp3) is 0.250. The molecule has 4 nitrogen and oxygen atoms in total. The molecule has 0 radical (unpaired) electrons. The van der Waals surface area contributed by atoms with Crippen molar-refractivity contribution >= 4 is 10.0 Å². The number of benzene rings is 4. The molecule has 0 heterocycles. The number of hydrogen-bond donors (Lipinski definition) is 2. The molecule has 0 spiro atoms. The number of rotatable bonds is 10. The van der Waals surface area contributed by atoms with Gasteiger partial charge in [-0.3, -0.25) is 0 Å². The second-order valence-corrected chi connectivity index (χ2v) is 11.4. The summed E-state index contributed by atoms with van der Waals surface area (Å²) in [7, 11) is -3.88. The van der Waals surface area contributed by atoms with E-state index in [-0.39, 0.29) is 10.8 Å². The third-order valence-corrected chi connectivity index (χ3v) is 8.53. The van der Waals surface area contributed by atoms with Crippen molar-refractivity contribution in [3.63, 3.8) is 0 Å². The fourth-order valence-corrected chi connectivity index (χ4v) is 6.29. The standard InChI is InChI=1S/C32H35NO3S/c1-4-29(25-19-15-23(2)16-20-25)30(32(34)27-13-9-6-10-14-27)31(26-11-7-5-8-12-26)33-37(35,36)28-21-17-24(3)18-22-28/h5-22,29-34H,4H2,1-3H3/t29-,30-,31-,32-/m1/s1.